The van der Waals surface area contributed by atoms with Crippen LogP contribution >= 0.6 is 0 Å². The fraction of sp³-hybridized carbons (Fsp3) is 0. The Kier molecular flexibility index (Phi) is 4.54. The van der Waals surface area contributed by atoms with Crippen molar-refractivity contribution in [2.45, 2.75) is 9.79 Å². The van der Waals surface area contributed by atoms with Gasteiger partial charge in [-0.2, -0.15) is 4.36 Å². The molecule has 0 aliphatic rings. The highest BCUT2D eigenvalue weighted by Gasteiger charge is 2.08. The van der Waals surface area contributed by atoms with Crippen molar-refractivity contribution in [1.29, 1.82) is 0 Å². The monoisotopic (exact) mass is 323 g/mol. The zero-order valence-corrected chi connectivity index (χ0v) is 12.9. The summed E-state index contributed by atoms with van der Waals surface area (Å²) in [5, 5.41) is 10.7. The van der Waals surface area contributed by atoms with Gasteiger partial charge in [0.15, 0.2) is 5.82 Å². The van der Waals surface area contributed by atoms with E-state index in [9.17, 15) is 10.1 Å². The number of rotatable bonds is 4. The number of nitro groups is 1. The van der Waals surface area contributed by atoms with Gasteiger partial charge in [0.1, 0.15) is 6.20 Å². The van der Waals surface area contributed by atoms with Crippen LogP contribution in [0.15, 0.2) is 93.1 Å². The molecule has 0 radical (unpaired) electrons. The maximum atomic E-state index is 10.7. The van der Waals surface area contributed by atoms with Gasteiger partial charge in [-0.1, -0.05) is 36.4 Å². The average molecular weight is 323 g/mol. The first kappa shape index (κ1) is 15.1. The molecule has 1 aromatic heterocycles. The lowest BCUT2D eigenvalue weighted by Gasteiger charge is -2.08. The number of hydrogen-bond acceptors (Lipinski definition) is 4. The molecule has 0 saturated heterocycles. The molecule has 3 aromatic rings. The van der Waals surface area contributed by atoms with Crippen molar-refractivity contribution in [2.24, 2.45) is 4.36 Å². The molecule has 0 N–H and O–H groups in total. The largest absolute Gasteiger partial charge is 0.287 e. The average Bonchev–Trinajstić information content (AvgIpc) is 2.61. The number of aromatic nitrogens is 1. The summed E-state index contributed by atoms with van der Waals surface area (Å²) in [6.45, 7) is 0. The van der Waals surface area contributed by atoms with Crippen molar-refractivity contribution in [3.63, 3.8) is 0 Å². The number of nitrogens with zero attached hydrogens (tertiary/aromatic N) is 3. The molecule has 0 atom stereocenters. The van der Waals surface area contributed by atoms with Gasteiger partial charge < -0.3 is 0 Å². The van der Waals surface area contributed by atoms with Gasteiger partial charge in [0, 0.05) is 15.9 Å². The van der Waals surface area contributed by atoms with Crippen molar-refractivity contribution < 1.29 is 4.92 Å². The van der Waals surface area contributed by atoms with Crippen molar-refractivity contribution in [1.82, 2.24) is 4.98 Å². The highest BCUT2D eigenvalue weighted by Crippen LogP contribution is 2.23. The van der Waals surface area contributed by atoms with Crippen LogP contribution in [0.5, 0.6) is 0 Å². The molecule has 0 fully saturated rings. The summed E-state index contributed by atoms with van der Waals surface area (Å²) in [5.41, 5.74) is -0.0387. The van der Waals surface area contributed by atoms with Gasteiger partial charge in [0.2, 0.25) is 0 Å². The van der Waals surface area contributed by atoms with Crippen LogP contribution in [0.25, 0.3) is 0 Å². The fourth-order valence-corrected chi connectivity index (χ4v) is 3.58. The summed E-state index contributed by atoms with van der Waals surface area (Å²) in [7, 11) is -0.527. The van der Waals surface area contributed by atoms with Crippen LogP contribution in [0.1, 0.15) is 0 Å². The second-order valence-electron chi connectivity index (χ2n) is 4.63. The lowest BCUT2D eigenvalue weighted by Crippen LogP contribution is -1.93. The molecule has 0 aliphatic carbocycles. The Hall–Kier alpha value is -2.86. The molecule has 5 nitrogen and oxygen atoms in total. The Bertz CT molecular complexity index is 793. The normalized spacial score (nSPS) is 10.5. The summed E-state index contributed by atoms with van der Waals surface area (Å²) in [4.78, 5) is 16.5. The van der Waals surface area contributed by atoms with E-state index in [4.69, 9.17) is 4.36 Å². The molecule has 0 unspecified atom stereocenters. The lowest BCUT2D eigenvalue weighted by atomic mass is 10.4. The predicted octanol–water partition coefficient (Wildman–Crippen LogP) is 4.54. The Labute approximate surface area is 135 Å². The van der Waals surface area contributed by atoms with Crippen LogP contribution in [0.4, 0.5) is 11.5 Å². The van der Waals surface area contributed by atoms with Gasteiger partial charge in [0.05, 0.1) is 4.92 Å². The molecule has 0 amide bonds. The van der Waals surface area contributed by atoms with Crippen LogP contribution in [-0.4, -0.2) is 9.91 Å². The van der Waals surface area contributed by atoms with Crippen LogP contribution in [-0.2, 0) is 10.7 Å². The second kappa shape index (κ2) is 6.93. The van der Waals surface area contributed by atoms with Crippen LogP contribution in [0.3, 0.4) is 0 Å². The Morgan fingerprint density at radius 2 is 1.43 bits per heavy atom. The number of hydrogen-bond donors (Lipinski definition) is 0. The van der Waals surface area contributed by atoms with E-state index in [1.165, 1.54) is 12.3 Å². The maximum Gasteiger partial charge on any atom is 0.287 e. The lowest BCUT2D eigenvalue weighted by molar-refractivity contribution is -0.385. The van der Waals surface area contributed by atoms with E-state index in [1.807, 2.05) is 60.7 Å². The topological polar surface area (TPSA) is 68.4 Å². The third-order valence-electron chi connectivity index (χ3n) is 3.06. The third-order valence-corrected chi connectivity index (χ3v) is 4.87. The molecule has 0 aliphatic heterocycles. The minimum absolute atomic E-state index is 0.0387. The van der Waals surface area contributed by atoms with E-state index in [1.54, 1.807) is 6.07 Å². The fourth-order valence-electron chi connectivity index (χ4n) is 1.97. The molecule has 3 rings (SSSR count). The summed E-state index contributed by atoms with van der Waals surface area (Å²) in [6.07, 6.45) is 1.23. The van der Waals surface area contributed by atoms with E-state index in [2.05, 4.69) is 4.98 Å². The number of pyridine rings is 1. The molecule has 23 heavy (non-hydrogen) atoms. The maximum absolute atomic E-state index is 10.7. The Morgan fingerprint density at radius 3 is 1.87 bits per heavy atom. The zero-order chi connectivity index (χ0) is 16.1. The van der Waals surface area contributed by atoms with Crippen molar-refractivity contribution in [3.05, 3.63) is 89.1 Å². The van der Waals surface area contributed by atoms with Gasteiger partial charge >= 0.3 is 0 Å². The number of benzene rings is 2. The zero-order valence-electron chi connectivity index (χ0n) is 12.1. The quantitative estimate of drug-likeness (QED) is 0.523. The van der Waals surface area contributed by atoms with Gasteiger partial charge in [0.25, 0.3) is 5.69 Å². The summed E-state index contributed by atoms with van der Waals surface area (Å²) >= 11 is 0. The van der Waals surface area contributed by atoms with E-state index < -0.39 is 15.6 Å². The van der Waals surface area contributed by atoms with Crippen molar-refractivity contribution in [3.8, 4) is 0 Å². The molecule has 0 bridgehead atoms. The van der Waals surface area contributed by atoms with E-state index in [-0.39, 0.29) is 5.69 Å². The minimum atomic E-state index is -0.527. The molecule has 114 valence electrons. The SMILES string of the molecule is O=[N+]([O-])c1ccc(N=S(c2ccccc2)c2ccccc2)nc1. The highest BCUT2D eigenvalue weighted by atomic mass is 32.2. The Balaban J connectivity index is 2.06. The summed E-state index contributed by atoms with van der Waals surface area (Å²) in [5.74, 6) is 0.478. The van der Waals surface area contributed by atoms with Gasteiger partial charge in [-0.3, -0.25) is 10.1 Å². The van der Waals surface area contributed by atoms with Gasteiger partial charge in [-0.15, -0.1) is 0 Å². The molecule has 1 heterocycles. The first-order valence-electron chi connectivity index (χ1n) is 6.91. The molecule has 2 aromatic carbocycles. The summed E-state index contributed by atoms with van der Waals surface area (Å²) in [6, 6.07) is 22.9. The van der Waals surface area contributed by atoms with Crippen molar-refractivity contribution >= 4 is 22.2 Å². The summed E-state index contributed by atoms with van der Waals surface area (Å²) < 4.78 is 4.69. The second-order valence-corrected chi connectivity index (χ2v) is 6.33. The Morgan fingerprint density at radius 1 is 0.870 bits per heavy atom. The predicted molar refractivity (Wildman–Crippen MR) is 89.8 cm³/mol. The molecule has 0 saturated carbocycles. The molecular weight excluding hydrogens is 310 g/mol. The van der Waals surface area contributed by atoms with Gasteiger partial charge in [-0.05, 0) is 41.0 Å². The van der Waals surface area contributed by atoms with E-state index in [0.717, 1.165) is 9.79 Å². The van der Waals surface area contributed by atoms with Crippen molar-refractivity contribution in [2.75, 3.05) is 0 Å². The highest BCUT2D eigenvalue weighted by molar-refractivity contribution is 7.87. The minimum Gasteiger partial charge on any atom is -0.258 e. The molecule has 0 spiro atoms. The van der Waals surface area contributed by atoms with Crippen LogP contribution in [0, 0.1) is 10.1 Å². The standard InChI is InChI=1S/C17H13N3O2S/c21-20(22)14-11-12-17(18-13-14)19-23(15-7-3-1-4-8-15)16-9-5-2-6-10-16/h1-13H. The molecule has 6 heteroatoms. The van der Waals surface area contributed by atoms with Crippen LogP contribution in [0.2, 0.25) is 0 Å². The van der Waals surface area contributed by atoms with Crippen LogP contribution < -0.4 is 0 Å². The third kappa shape index (κ3) is 3.67. The first-order chi connectivity index (χ1) is 11.2. The van der Waals surface area contributed by atoms with E-state index in [0.29, 0.717) is 5.82 Å². The smallest absolute Gasteiger partial charge is 0.258 e. The van der Waals surface area contributed by atoms with E-state index >= 15 is 0 Å². The van der Waals surface area contributed by atoms with Gasteiger partial charge in [-0.25, -0.2) is 4.98 Å². The first-order valence-corrected chi connectivity index (χ1v) is 8.09. The molecular formula is C17H13N3O2S.